The van der Waals surface area contributed by atoms with Crippen LogP contribution >= 0.6 is 0 Å². The molecule has 4 heteroatoms. The van der Waals surface area contributed by atoms with E-state index in [1.807, 2.05) is 12.2 Å². The molecule has 0 saturated heterocycles. The molecule has 48 heavy (non-hydrogen) atoms. The maximum atomic E-state index is 13.9. The first kappa shape index (κ1) is 32.9. The SMILES string of the molecule is Cc1c(C)c(C)c2c3c(c(C)c(C)c2c1C)N(C)C(=CC1C([O-])C(C=C2Cc4c(c(C)c(C)c5c(C)c(C)c(C)c(C)c45)N2C)C1[O-])C3. The molecule has 0 aromatic heterocycles. The molecule has 0 radical (unpaired) electrons. The maximum absolute atomic E-state index is 13.9. The van der Waals surface area contributed by atoms with Crippen LogP contribution in [-0.2, 0) is 12.8 Å². The van der Waals surface area contributed by atoms with Crippen LogP contribution in [0.25, 0.3) is 21.5 Å². The Bertz CT molecular complexity index is 2020. The molecular weight excluding hydrogens is 588 g/mol. The van der Waals surface area contributed by atoms with Crippen molar-refractivity contribution in [3.63, 3.8) is 0 Å². The van der Waals surface area contributed by atoms with E-state index in [-0.39, 0.29) is 0 Å². The van der Waals surface area contributed by atoms with E-state index in [0.29, 0.717) is 0 Å². The summed E-state index contributed by atoms with van der Waals surface area (Å²) in [4.78, 5) is 4.52. The van der Waals surface area contributed by atoms with E-state index in [0.717, 1.165) is 24.2 Å². The third-order valence-corrected chi connectivity index (χ3v) is 13.7. The van der Waals surface area contributed by atoms with E-state index >= 15 is 0 Å². The second-order valence-electron chi connectivity index (χ2n) is 15.5. The second-order valence-corrected chi connectivity index (χ2v) is 15.5. The monoisotopic (exact) mass is 640 g/mol. The van der Waals surface area contributed by atoms with Crippen LogP contribution < -0.4 is 20.0 Å². The minimum atomic E-state index is -0.941. The minimum Gasteiger partial charge on any atom is -0.851 e. The average molecular weight is 641 g/mol. The first-order valence-corrected chi connectivity index (χ1v) is 17.8. The number of benzene rings is 4. The molecule has 1 aliphatic carbocycles. The molecule has 0 N–H and O–H groups in total. The van der Waals surface area contributed by atoms with Crippen molar-refractivity contribution in [3.05, 3.63) is 101 Å². The molecule has 4 aromatic rings. The molecular formula is C44H52N2O2-2. The number of aryl methyl sites for hydroxylation is 6. The average Bonchev–Trinajstić information content (AvgIpc) is 3.56. The van der Waals surface area contributed by atoms with Crippen molar-refractivity contribution in [2.45, 2.75) is 108 Å². The van der Waals surface area contributed by atoms with Gasteiger partial charge in [0.15, 0.2) is 0 Å². The topological polar surface area (TPSA) is 52.6 Å². The molecule has 1 fully saturated rings. The Morgan fingerprint density at radius 2 is 0.688 bits per heavy atom. The lowest BCUT2D eigenvalue weighted by molar-refractivity contribution is -0.550. The normalized spacial score (nSPS) is 23.7. The summed E-state index contributed by atoms with van der Waals surface area (Å²) in [6.45, 7) is 26.9. The molecule has 2 heterocycles. The highest BCUT2D eigenvalue weighted by atomic mass is 16.3. The van der Waals surface area contributed by atoms with E-state index in [1.54, 1.807) is 0 Å². The molecule has 252 valence electrons. The predicted octanol–water partition coefficient (Wildman–Crippen LogP) is 7.85. The molecule has 0 bridgehead atoms. The number of anilines is 2. The van der Waals surface area contributed by atoms with Crippen LogP contribution in [0, 0.1) is 94.9 Å². The van der Waals surface area contributed by atoms with Gasteiger partial charge in [-0.2, -0.15) is 0 Å². The predicted molar refractivity (Wildman–Crippen MR) is 200 cm³/mol. The van der Waals surface area contributed by atoms with Gasteiger partial charge in [-0.1, -0.05) is 12.2 Å². The molecule has 0 atom stereocenters. The number of fused-ring (bicyclic) bond motifs is 6. The van der Waals surface area contributed by atoms with E-state index in [4.69, 9.17) is 0 Å². The van der Waals surface area contributed by atoms with Gasteiger partial charge in [0.25, 0.3) is 0 Å². The number of rotatable bonds is 2. The van der Waals surface area contributed by atoms with E-state index in [2.05, 4.69) is 107 Å². The quantitative estimate of drug-likeness (QED) is 0.224. The fourth-order valence-corrected chi connectivity index (χ4v) is 9.78. The van der Waals surface area contributed by atoms with Crippen molar-refractivity contribution in [1.29, 1.82) is 0 Å². The summed E-state index contributed by atoms with van der Waals surface area (Å²) in [5, 5.41) is 33.2. The first-order chi connectivity index (χ1) is 22.5. The molecule has 4 aromatic carbocycles. The van der Waals surface area contributed by atoms with Crippen LogP contribution in [0.2, 0.25) is 0 Å². The summed E-state index contributed by atoms with van der Waals surface area (Å²) in [5.41, 5.74) is 23.5. The third-order valence-electron chi connectivity index (χ3n) is 13.7. The Labute approximate surface area is 287 Å². The zero-order valence-electron chi connectivity index (χ0n) is 31.6. The van der Waals surface area contributed by atoms with Gasteiger partial charge in [0.1, 0.15) is 0 Å². The van der Waals surface area contributed by atoms with E-state index in [9.17, 15) is 10.2 Å². The number of hydrogen-bond donors (Lipinski definition) is 0. The molecule has 0 spiro atoms. The first-order valence-electron chi connectivity index (χ1n) is 17.8. The van der Waals surface area contributed by atoms with Crippen LogP contribution in [0.3, 0.4) is 0 Å². The summed E-state index contributed by atoms with van der Waals surface area (Å²) in [6.07, 6.45) is 3.72. The molecule has 1 saturated carbocycles. The minimum absolute atomic E-state index is 0.521. The Morgan fingerprint density at radius 1 is 0.417 bits per heavy atom. The number of hydrogen-bond acceptors (Lipinski definition) is 4. The van der Waals surface area contributed by atoms with Crippen molar-refractivity contribution < 1.29 is 10.2 Å². The maximum Gasteiger partial charge on any atom is 0.0481 e. The highest BCUT2D eigenvalue weighted by Gasteiger charge is 2.38. The van der Waals surface area contributed by atoms with E-state index in [1.165, 1.54) is 111 Å². The van der Waals surface area contributed by atoms with Crippen LogP contribution in [-0.4, -0.2) is 26.3 Å². The van der Waals surface area contributed by atoms with Crippen molar-refractivity contribution in [1.82, 2.24) is 0 Å². The molecule has 0 amide bonds. The Balaban J connectivity index is 1.22. The summed E-state index contributed by atoms with van der Waals surface area (Å²) in [7, 11) is 4.23. The van der Waals surface area contributed by atoms with Gasteiger partial charge in [-0.15, -0.1) is 12.2 Å². The number of allylic oxidation sites excluding steroid dienone is 2. The fourth-order valence-electron chi connectivity index (χ4n) is 9.78. The van der Waals surface area contributed by atoms with Crippen molar-refractivity contribution >= 4 is 32.9 Å². The Kier molecular flexibility index (Phi) is 7.51. The highest BCUT2D eigenvalue weighted by molar-refractivity contribution is 6.03. The van der Waals surface area contributed by atoms with Gasteiger partial charge in [-0.25, -0.2) is 0 Å². The summed E-state index contributed by atoms with van der Waals surface area (Å²) >= 11 is 0. The molecule has 3 aliphatic rings. The van der Waals surface area contributed by atoms with Gasteiger partial charge in [-0.05, 0) is 194 Å². The lowest BCUT2D eigenvalue weighted by Gasteiger charge is -2.59. The zero-order valence-corrected chi connectivity index (χ0v) is 31.6. The fraction of sp³-hybridized carbons (Fsp3) is 0.455. The van der Waals surface area contributed by atoms with Gasteiger partial charge in [0, 0.05) is 49.7 Å². The zero-order chi connectivity index (χ0) is 35.0. The van der Waals surface area contributed by atoms with Gasteiger partial charge in [0.05, 0.1) is 0 Å². The second kappa shape index (κ2) is 11.0. The van der Waals surface area contributed by atoms with Crippen molar-refractivity contribution in [2.24, 2.45) is 11.8 Å². The van der Waals surface area contributed by atoms with E-state index < -0.39 is 24.0 Å². The Morgan fingerprint density at radius 3 is 1.00 bits per heavy atom. The molecule has 2 aliphatic heterocycles. The van der Waals surface area contributed by atoms with Crippen LogP contribution in [0.5, 0.6) is 0 Å². The standard InChI is InChI=1S/C44H52N2O2/c1-19-21(3)25(7)39-33-15-31(45(13)41(33)29(11)27(9)37(39)23(19)5)17-35-43(47)36(44(35)48)18-32-16-34-40-26(8)22(4)20(2)24(6)38(40)28(10)30(12)42(34)46(32)14/h17-18,35-36,43-44H,15-16H2,1-14H3/q-2. The lowest BCUT2D eigenvalue weighted by atomic mass is 9.68. The third kappa shape index (κ3) is 4.15. The lowest BCUT2D eigenvalue weighted by Crippen LogP contribution is -2.66. The summed E-state index contributed by atoms with van der Waals surface area (Å²) in [6, 6.07) is 0. The van der Waals surface area contributed by atoms with Crippen LogP contribution in [0.4, 0.5) is 11.4 Å². The van der Waals surface area contributed by atoms with Crippen molar-refractivity contribution in [3.8, 4) is 0 Å². The molecule has 7 rings (SSSR count). The van der Waals surface area contributed by atoms with Crippen LogP contribution in [0.1, 0.15) is 77.9 Å². The van der Waals surface area contributed by atoms with Crippen LogP contribution in [0.15, 0.2) is 23.5 Å². The largest absolute Gasteiger partial charge is 0.851 e. The highest BCUT2D eigenvalue weighted by Crippen LogP contribution is 2.49. The van der Waals surface area contributed by atoms with Gasteiger partial charge in [0.2, 0.25) is 0 Å². The number of likely N-dealkylation sites (N-methyl/N-ethyl adjacent to an activating group) is 2. The summed E-state index contributed by atoms with van der Waals surface area (Å²) in [5.74, 6) is -1.04. The van der Waals surface area contributed by atoms with Gasteiger partial charge < -0.3 is 20.0 Å². The van der Waals surface area contributed by atoms with Gasteiger partial charge >= 0.3 is 0 Å². The Hall–Kier alpha value is -3.60. The summed E-state index contributed by atoms with van der Waals surface area (Å²) < 4.78 is 0. The molecule has 4 nitrogen and oxygen atoms in total. The smallest absolute Gasteiger partial charge is 0.0481 e. The van der Waals surface area contributed by atoms with Crippen molar-refractivity contribution in [2.75, 3.05) is 23.9 Å². The van der Waals surface area contributed by atoms with Gasteiger partial charge in [-0.3, -0.25) is 0 Å². The molecule has 0 unspecified atom stereocenters. The number of nitrogens with zero attached hydrogens (tertiary/aromatic N) is 2.